The molecule has 2 rings (SSSR count). The Morgan fingerprint density at radius 2 is 1.82 bits per heavy atom. The largest absolute Gasteiger partial charge is 0.483 e. The molecule has 1 aliphatic heterocycles. The first kappa shape index (κ1) is 31.6. The predicted molar refractivity (Wildman–Crippen MR) is 151 cm³/mol. The monoisotopic (exact) mass is 594 g/mol. The van der Waals surface area contributed by atoms with E-state index in [4.69, 9.17) is 4.74 Å². The molecule has 2 unspecified atom stereocenters. The minimum absolute atomic E-state index is 0.0200. The van der Waals surface area contributed by atoms with E-state index in [9.17, 15) is 19.2 Å². The van der Waals surface area contributed by atoms with Gasteiger partial charge >= 0.3 is 0 Å². The van der Waals surface area contributed by atoms with E-state index in [0.29, 0.717) is 23.9 Å². The fourth-order valence-corrected chi connectivity index (χ4v) is 4.67. The fraction of sp³-hybridized carbons (Fsp3) is 0.643. The first-order valence-electron chi connectivity index (χ1n) is 13.2. The zero-order valence-electron chi connectivity index (χ0n) is 23.9. The normalized spacial score (nSPS) is 16.4. The van der Waals surface area contributed by atoms with Crippen molar-refractivity contribution in [3.8, 4) is 5.75 Å². The summed E-state index contributed by atoms with van der Waals surface area (Å²) in [7, 11) is 1.75. The molecule has 2 N–H and O–H groups in total. The van der Waals surface area contributed by atoms with Crippen LogP contribution in [0.4, 0.5) is 0 Å². The van der Waals surface area contributed by atoms with E-state index in [-0.39, 0.29) is 47.6 Å². The molecule has 1 aliphatic rings. The van der Waals surface area contributed by atoms with Crippen molar-refractivity contribution in [1.29, 1.82) is 0 Å². The fourth-order valence-electron chi connectivity index (χ4n) is 4.31. The molecule has 1 fully saturated rings. The van der Waals surface area contributed by atoms with E-state index in [0.717, 1.165) is 6.42 Å². The van der Waals surface area contributed by atoms with Gasteiger partial charge in [0.05, 0.1) is 5.56 Å². The molecular weight excluding hydrogens is 552 g/mol. The Bertz CT molecular complexity index is 1020. The number of carbonyl (C=O) groups excluding carboxylic acids is 4. The number of benzene rings is 1. The van der Waals surface area contributed by atoms with Crippen LogP contribution in [0.2, 0.25) is 0 Å². The first-order chi connectivity index (χ1) is 17.6. The third-order valence-corrected chi connectivity index (χ3v) is 6.81. The molecule has 1 aromatic carbocycles. The molecular formula is C28H43BrN4O5. The Balaban J connectivity index is 2.24. The van der Waals surface area contributed by atoms with Crippen LogP contribution in [0.3, 0.4) is 0 Å². The van der Waals surface area contributed by atoms with Crippen LogP contribution in [0.25, 0.3) is 0 Å². The molecule has 0 saturated carbocycles. The molecule has 38 heavy (non-hydrogen) atoms. The summed E-state index contributed by atoms with van der Waals surface area (Å²) >= 11 is 3.39. The third-order valence-electron chi connectivity index (χ3n) is 6.31. The lowest BCUT2D eigenvalue weighted by Gasteiger charge is -2.33. The number of carbonyl (C=O) groups is 4. The van der Waals surface area contributed by atoms with Crippen molar-refractivity contribution >= 4 is 39.6 Å². The van der Waals surface area contributed by atoms with Crippen molar-refractivity contribution in [2.45, 2.75) is 91.4 Å². The molecule has 4 amide bonds. The van der Waals surface area contributed by atoms with Crippen LogP contribution in [-0.2, 0) is 14.4 Å². The Morgan fingerprint density at radius 1 is 1.16 bits per heavy atom. The lowest BCUT2D eigenvalue weighted by molar-refractivity contribution is -0.145. The number of likely N-dealkylation sites (tertiary alicyclic amines) is 1. The minimum Gasteiger partial charge on any atom is -0.483 e. The predicted octanol–water partition coefficient (Wildman–Crippen LogP) is 3.74. The van der Waals surface area contributed by atoms with E-state index in [1.165, 1.54) is 0 Å². The first-order valence-corrected chi connectivity index (χ1v) is 14.0. The molecule has 2 atom stereocenters. The number of ether oxygens (including phenoxy) is 1. The van der Waals surface area contributed by atoms with Gasteiger partial charge in [-0.25, -0.2) is 0 Å². The van der Waals surface area contributed by atoms with Gasteiger partial charge in [-0.15, -0.1) is 0 Å². The summed E-state index contributed by atoms with van der Waals surface area (Å²) in [5.41, 5.74) is -0.207. The highest BCUT2D eigenvalue weighted by Gasteiger charge is 2.39. The molecule has 0 aromatic heterocycles. The topological polar surface area (TPSA) is 108 Å². The zero-order valence-corrected chi connectivity index (χ0v) is 25.5. The third kappa shape index (κ3) is 8.99. The van der Waals surface area contributed by atoms with Crippen LogP contribution in [0.15, 0.2) is 22.7 Å². The molecule has 0 spiro atoms. The Labute approximate surface area is 235 Å². The highest BCUT2D eigenvalue weighted by Crippen LogP contribution is 2.25. The van der Waals surface area contributed by atoms with Gasteiger partial charge < -0.3 is 25.2 Å². The SMILES string of the molecule is CC(C)CC(NC(=O)c1cc(Br)ccc1OCC(=O)NC(C)(C)C)C(=O)N1CCCC1C(=O)N(C)C(C)C. The summed E-state index contributed by atoms with van der Waals surface area (Å²) in [5.74, 6) is -0.788. The average molecular weight is 596 g/mol. The molecule has 0 radical (unpaired) electrons. The Kier molecular flexibility index (Phi) is 11.2. The number of rotatable bonds is 10. The van der Waals surface area contributed by atoms with Gasteiger partial charge in [0, 0.05) is 29.6 Å². The average Bonchev–Trinajstić information content (AvgIpc) is 3.29. The van der Waals surface area contributed by atoms with Gasteiger partial charge in [-0.3, -0.25) is 19.2 Å². The maximum atomic E-state index is 13.7. The van der Waals surface area contributed by atoms with Crippen LogP contribution in [0, 0.1) is 5.92 Å². The summed E-state index contributed by atoms with van der Waals surface area (Å²) in [6, 6.07) is 3.61. The molecule has 0 bridgehead atoms. The lowest BCUT2D eigenvalue weighted by Crippen LogP contribution is -2.54. The quantitative estimate of drug-likeness (QED) is 0.429. The second-order valence-electron chi connectivity index (χ2n) is 11.6. The molecule has 1 aromatic rings. The number of amides is 4. The van der Waals surface area contributed by atoms with Crippen molar-refractivity contribution in [1.82, 2.24) is 20.4 Å². The van der Waals surface area contributed by atoms with E-state index in [2.05, 4.69) is 26.6 Å². The number of nitrogens with one attached hydrogen (secondary N) is 2. The van der Waals surface area contributed by atoms with E-state index >= 15 is 0 Å². The molecule has 212 valence electrons. The van der Waals surface area contributed by atoms with Crippen molar-refractivity contribution in [3.63, 3.8) is 0 Å². The lowest BCUT2D eigenvalue weighted by atomic mass is 10.0. The van der Waals surface area contributed by atoms with Crippen molar-refractivity contribution in [2.24, 2.45) is 5.92 Å². The van der Waals surface area contributed by atoms with Crippen LogP contribution < -0.4 is 15.4 Å². The maximum Gasteiger partial charge on any atom is 0.258 e. The van der Waals surface area contributed by atoms with Gasteiger partial charge in [-0.2, -0.15) is 0 Å². The van der Waals surface area contributed by atoms with Gasteiger partial charge in [-0.1, -0.05) is 29.8 Å². The van der Waals surface area contributed by atoms with E-state index in [1.54, 1.807) is 35.0 Å². The minimum atomic E-state index is -0.809. The van der Waals surface area contributed by atoms with Crippen LogP contribution >= 0.6 is 15.9 Å². The van der Waals surface area contributed by atoms with E-state index < -0.39 is 23.5 Å². The number of hydrogen-bond acceptors (Lipinski definition) is 5. The summed E-state index contributed by atoms with van der Waals surface area (Å²) in [6.07, 6.45) is 1.75. The van der Waals surface area contributed by atoms with Gasteiger partial charge in [0.2, 0.25) is 11.8 Å². The summed E-state index contributed by atoms with van der Waals surface area (Å²) in [6.45, 7) is 13.7. The van der Waals surface area contributed by atoms with Crippen molar-refractivity contribution < 1.29 is 23.9 Å². The Morgan fingerprint density at radius 3 is 2.39 bits per heavy atom. The maximum absolute atomic E-state index is 13.7. The van der Waals surface area contributed by atoms with E-state index in [1.807, 2.05) is 48.5 Å². The zero-order chi connectivity index (χ0) is 28.8. The van der Waals surface area contributed by atoms with Gasteiger partial charge in [0.1, 0.15) is 17.8 Å². The van der Waals surface area contributed by atoms with Crippen molar-refractivity contribution in [2.75, 3.05) is 20.2 Å². The van der Waals surface area contributed by atoms with Crippen molar-refractivity contribution in [3.05, 3.63) is 28.2 Å². The standard InChI is InChI=1S/C28H43BrN4O5/c1-17(2)14-21(26(36)33-13-9-10-22(33)27(37)32(8)18(3)4)30-25(35)20-15-19(29)11-12-23(20)38-16-24(34)31-28(5,6)7/h11-12,15,17-18,21-22H,9-10,13-14,16H2,1-8H3,(H,30,35)(H,31,34). The number of hydrogen-bond donors (Lipinski definition) is 2. The van der Waals surface area contributed by atoms with Gasteiger partial charge in [0.25, 0.3) is 11.8 Å². The van der Waals surface area contributed by atoms with Crippen LogP contribution in [0.5, 0.6) is 5.75 Å². The van der Waals surface area contributed by atoms with Gasteiger partial charge in [-0.05, 0) is 78.0 Å². The highest BCUT2D eigenvalue weighted by molar-refractivity contribution is 9.10. The van der Waals surface area contributed by atoms with Gasteiger partial charge in [0.15, 0.2) is 6.61 Å². The second-order valence-corrected chi connectivity index (χ2v) is 12.5. The molecule has 1 heterocycles. The van der Waals surface area contributed by atoms with Crippen LogP contribution in [-0.4, -0.2) is 77.3 Å². The highest BCUT2D eigenvalue weighted by atomic mass is 79.9. The number of halogens is 1. The smallest absolute Gasteiger partial charge is 0.258 e. The van der Waals surface area contributed by atoms with Crippen LogP contribution in [0.1, 0.15) is 78.1 Å². The number of nitrogens with zero attached hydrogens (tertiary/aromatic N) is 2. The molecule has 0 aliphatic carbocycles. The molecule has 9 nitrogen and oxygen atoms in total. The molecule has 10 heteroatoms. The summed E-state index contributed by atoms with van der Waals surface area (Å²) in [5, 5.41) is 5.71. The summed E-state index contributed by atoms with van der Waals surface area (Å²) in [4.78, 5) is 55.8. The Hall–Kier alpha value is -2.62. The summed E-state index contributed by atoms with van der Waals surface area (Å²) < 4.78 is 6.36. The second kappa shape index (κ2) is 13.4. The molecule has 1 saturated heterocycles. The number of likely N-dealkylation sites (N-methyl/N-ethyl adjacent to an activating group) is 1.